The molecule has 3 unspecified atom stereocenters. The lowest BCUT2D eigenvalue weighted by Crippen LogP contribution is -2.39. The minimum atomic E-state index is 0.766. The standard InChI is InChI=1S/C12H23NOS/c1-15-12-6-2-5-11(12)13-8-10-4-3-7-14-9-10/h10-13H,2-9H2,1H3. The molecule has 1 heterocycles. The van der Waals surface area contributed by atoms with Gasteiger partial charge in [-0.3, -0.25) is 0 Å². The number of hydrogen-bond acceptors (Lipinski definition) is 3. The first-order chi connectivity index (χ1) is 7.40. The fraction of sp³-hybridized carbons (Fsp3) is 1.00. The maximum absolute atomic E-state index is 5.51. The Morgan fingerprint density at radius 1 is 1.27 bits per heavy atom. The molecule has 1 aliphatic carbocycles. The third kappa shape index (κ3) is 3.36. The van der Waals surface area contributed by atoms with Crippen LogP contribution >= 0.6 is 11.8 Å². The normalized spacial score (nSPS) is 37.0. The van der Waals surface area contributed by atoms with E-state index in [1.165, 1.54) is 38.6 Å². The zero-order valence-corrected chi connectivity index (χ0v) is 10.5. The lowest BCUT2D eigenvalue weighted by Gasteiger charge is -2.26. The summed E-state index contributed by atoms with van der Waals surface area (Å²) in [6.45, 7) is 3.12. The third-order valence-electron chi connectivity index (χ3n) is 3.68. The molecule has 15 heavy (non-hydrogen) atoms. The van der Waals surface area contributed by atoms with Gasteiger partial charge >= 0.3 is 0 Å². The lowest BCUT2D eigenvalue weighted by molar-refractivity contribution is 0.0539. The van der Waals surface area contributed by atoms with Gasteiger partial charge in [0, 0.05) is 24.4 Å². The van der Waals surface area contributed by atoms with E-state index in [0.717, 1.165) is 30.4 Å². The Labute approximate surface area is 97.5 Å². The minimum Gasteiger partial charge on any atom is -0.381 e. The fourth-order valence-electron chi connectivity index (χ4n) is 2.73. The smallest absolute Gasteiger partial charge is 0.0506 e. The molecule has 0 bridgehead atoms. The van der Waals surface area contributed by atoms with E-state index in [4.69, 9.17) is 4.74 Å². The number of rotatable bonds is 4. The average Bonchev–Trinajstić information content (AvgIpc) is 2.75. The van der Waals surface area contributed by atoms with Gasteiger partial charge in [0.15, 0.2) is 0 Å². The first-order valence-electron chi connectivity index (χ1n) is 6.24. The maximum Gasteiger partial charge on any atom is 0.0506 e. The number of hydrogen-bond donors (Lipinski definition) is 1. The Kier molecular flexibility index (Phi) is 4.79. The van der Waals surface area contributed by atoms with Crippen molar-refractivity contribution in [3.05, 3.63) is 0 Å². The van der Waals surface area contributed by atoms with E-state index in [2.05, 4.69) is 11.6 Å². The molecule has 1 N–H and O–H groups in total. The predicted molar refractivity (Wildman–Crippen MR) is 66.5 cm³/mol. The van der Waals surface area contributed by atoms with E-state index < -0.39 is 0 Å². The monoisotopic (exact) mass is 229 g/mol. The van der Waals surface area contributed by atoms with Crippen LogP contribution in [0.3, 0.4) is 0 Å². The number of nitrogens with one attached hydrogen (secondary N) is 1. The molecule has 1 aliphatic heterocycles. The van der Waals surface area contributed by atoms with Gasteiger partial charge in [-0.1, -0.05) is 6.42 Å². The summed E-state index contributed by atoms with van der Waals surface area (Å²) >= 11 is 2.03. The van der Waals surface area contributed by atoms with Crippen molar-refractivity contribution in [3.8, 4) is 0 Å². The lowest BCUT2D eigenvalue weighted by atomic mass is 10.0. The highest BCUT2D eigenvalue weighted by molar-refractivity contribution is 7.99. The van der Waals surface area contributed by atoms with Crippen LogP contribution in [-0.4, -0.2) is 37.3 Å². The molecule has 0 radical (unpaired) electrons. The number of ether oxygens (including phenoxy) is 1. The summed E-state index contributed by atoms with van der Waals surface area (Å²) in [6.07, 6.45) is 9.03. The van der Waals surface area contributed by atoms with E-state index in [-0.39, 0.29) is 0 Å². The Bertz CT molecular complexity index is 182. The van der Waals surface area contributed by atoms with E-state index in [1.807, 2.05) is 11.8 Å². The molecular formula is C12H23NOS. The maximum atomic E-state index is 5.51. The van der Waals surface area contributed by atoms with E-state index in [1.54, 1.807) is 0 Å². The quantitative estimate of drug-likeness (QED) is 0.799. The van der Waals surface area contributed by atoms with Crippen LogP contribution in [0.2, 0.25) is 0 Å². The van der Waals surface area contributed by atoms with Gasteiger partial charge in [-0.05, 0) is 37.9 Å². The molecule has 88 valence electrons. The predicted octanol–water partition coefficient (Wildman–Crippen LogP) is 2.29. The molecule has 0 spiro atoms. The molecule has 0 aromatic heterocycles. The Balaban J connectivity index is 1.67. The highest BCUT2D eigenvalue weighted by atomic mass is 32.2. The first-order valence-corrected chi connectivity index (χ1v) is 7.53. The molecular weight excluding hydrogens is 206 g/mol. The van der Waals surface area contributed by atoms with Gasteiger partial charge < -0.3 is 10.1 Å². The van der Waals surface area contributed by atoms with Crippen molar-refractivity contribution in [1.82, 2.24) is 5.32 Å². The zero-order chi connectivity index (χ0) is 10.5. The largest absolute Gasteiger partial charge is 0.381 e. The average molecular weight is 229 g/mol. The van der Waals surface area contributed by atoms with Crippen LogP contribution < -0.4 is 5.32 Å². The second kappa shape index (κ2) is 6.12. The Morgan fingerprint density at radius 2 is 2.20 bits per heavy atom. The van der Waals surface area contributed by atoms with Crippen molar-refractivity contribution in [2.75, 3.05) is 26.0 Å². The molecule has 2 aliphatic rings. The summed E-state index contributed by atoms with van der Waals surface area (Å²) in [4.78, 5) is 0. The molecule has 1 saturated carbocycles. The van der Waals surface area contributed by atoms with Crippen molar-refractivity contribution in [2.24, 2.45) is 5.92 Å². The summed E-state index contributed by atoms with van der Waals surface area (Å²) in [5.41, 5.74) is 0. The second-order valence-electron chi connectivity index (χ2n) is 4.80. The van der Waals surface area contributed by atoms with Crippen molar-refractivity contribution < 1.29 is 4.74 Å². The van der Waals surface area contributed by atoms with Crippen molar-refractivity contribution in [1.29, 1.82) is 0 Å². The molecule has 0 aromatic carbocycles. The zero-order valence-electron chi connectivity index (χ0n) is 9.71. The van der Waals surface area contributed by atoms with Gasteiger partial charge in [0.25, 0.3) is 0 Å². The van der Waals surface area contributed by atoms with Crippen molar-refractivity contribution in [2.45, 2.75) is 43.4 Å². The van der Waals surface area contributed by atoms with Gasteiger partial charge in [-0.25, -0.2) is 0 Å². The van der Waals surface area contributed by atoms with Crippen LogP contribution in [-0.2, 0) is 4.74 Å². The summed E-state index contributed by atoms with van der Waals surface area (Å²) in [7, 11) is 0. The molecule has 1 saturated heterocycles. The van der Waals surface area contributed by atoms with Crippen LogP contribution in [0.15, 0.2) is 0 Å². The first kappa shape index (κ1) is 11.7. The van der Waals surface area contributed by atoms with Crippen LogP contribution in [0.1, 0.15) is 32.1 Å². The van der Waals surface area contributed by atoms with Crippen LogP contribution in [0, 0.1) is 5.92 Å². The summed E-state index contributed by atoms with van der Waals surface area (Å²) in [5, 5.41) is 4.61. The van der Waals surface area contributed by atoms with Gasteiger partial charge in [0.05, 0.1) is 6.61 Å². The van der Waals surface area contributed by atoms with Gasteiger partial charge in [-0.15, -0.1) is 0 Å². The Morgan fingerprint density at radius 3 is 2.93 bits per heavy atom. The van der Waals surface area contributed by atoms with Crippen LogP contribution in [0.25, 0.3) is 0 Å². The van der Waals surface area contributed by atoms with Crippen LogP contribution in [0.5, 0.6) is 0 Å². The Hall–Kier alpha value is 0.270. The van der Waals surface area contributed by atoms with Crippen molar-refractivity contribution >= 4 is 11.8 Å². The molecule has 3 heteroatoms. The molecule has 0 amide bonds. The minimum absolute atomic E-state index is 0.766. The molecule has 0 aromatic rings. The second-order valence-corrected chi connectivity index (χ2v) is 5.88. The van der Waals surface area contributed by atoms with Crippen molar-refractivity contribution in [3.63, 3.8) is 0 Å². The molecule has 2 nitrogen and oxygen atoms in total. The van der Waals surface area contributed by atoms with E-state index in [9.17, 15) is 0 Å². The topological polar surface area (TPSA) is 21.3 Å². The molecule has 2 rings (SSSR count). The van der Waals surface area contributed by atoms with Gasteiger partial charge in [0.1, 0.15) is 0 Å². The summed E-state index contributed by atoms with van der Waals surface area (Å²) < 4.78 is 5.51. The number of thioether (sulfide) groups is 1. The highest BCUT2D eigenvalue weighted by Crippen LogP contribution is 2.28. The van der Waals surface area contributed by atoms with Gasteiger partial charge in [-0.2, -0.15) is 11.8 Å². The molecule has 3 atom stereocenters. The van der Waals surface area contributed by atoms with E-state index >= 15 is 0 Å². The van der Waals surface area contributed by atoms with E-state index in [0.29, 0.717) is 0 Å². The van der Waals surface area contributed by atoms with Gasteiger partial charge in [0.2, 0.25) is 0 Å². The van der Waals surface area contributed by atoms with Crippen LogP contribution in [0.4, 0.5) is 0 Å². The summed E-state index contributed by atoms with van der Waals surface area (Å²) in [5.74, 6) is 0.766. The summed E-state index contributed by atoms with van der Waals surface area (Å²) in [6, 6.07) is 0.766. The third-order valence-corrected chi connectivity index (χ3v) is 4.85. The highest BCUT2D eigenvalue weighted by Gasteiger charge is 2.26. The molecule has 2 fully saturated rings. The SMILES string of the molecule is CSC1CCCC1NCC1CCCOC1. The fourth-order valence-corrected chi connectivity index (χ4v) is 3.69.